The number of imidazole rings is 1. The first-order valence-corrected chi connectivity index (χ1v) is 16.2. The number of likely N-dealkylation sites (tertiary alicyclic amines) is 1. The van der Waals surface area contributed by atoms with Crippen molar-refractivity contribution in [3.8, 4) is 0 Å². The van der Waals surface area contributed by atoms with Crippen LogP contribution in [0.3, 0.4) is 0 Å². The van der Waals surface area contributed by atoms with Gasteiger partial charge in [0.15, 0.2) is 0 Å². The Morgan fingerprint density at radius 1 is 1.05 bits per heavy atom. The Hall–Kier alpha value is -3.43. The fourth-order valence-corrected chi connectivity index (χ4v) is 7.25. The highest BCUT2D eigenvalue weighted by Crippen LogP contribution is 2.38. The molecule has 0 N–H and O–H groups in total. The Bertz CT molecular complexity index is 1520. The van der Waals surface area contributed by atoms with Gasteiger partial charge in [0.05, 0.1) is 23.8 Å². The van der Waals surface area contributed by atoms with Gasteiger partial charge in [-0.05, 0) is 94.7 Å². The number of carbonyl (C=O) groups is 2. The van der Waals surface area contributed by atoms with Gasteiger partial charge in [-0.25, -0.2) is 9.78 Å². The van der Waals surface area contributed by atoms with E-state index < -0.39 is 17.7 Å². The number of pyridine rings is 1. The number of hydrogen-bond acceptors (Lipinski definition) is 6. The Morgan fingerprint density at radius 2 is 1.86 bits per heavy atom. The highest BCUT2D eigenvalue weighted by Gasteiger charge is 2.44. The number of fused-ring (bicyclic) bond motifs is 2. The summed E-state index contributed by atoms with van der Waals surface area (Å²) in [5, 5.41) is 0.718. The van der Waals surface area contributed by atoms with Gasteiger partial charge in [0.25, 0.3) is 0 Å². The third-order valence-electron chi connectivity index (χ3n) is 9.08. The lowest BCUT2D eigenvalue weighted by Gasteiger charge is -2.45. The number of piperazine rings is 1. The monoisotopic (exact) mass is 618 g/mol. The molecular formula is C34H43ClN6O3. The molecule has 2 fully saturated rings. The fraction of sp³-hybridized carbons (Fsp3) is 0.529. The topological polar surface area (TPSA) is 83.8 Å². The van der Waals surface area contributed by atoms with Crippen LogP contribution >= 0.6 is 11.6 Å². The summed E-state index contributed by atoms with van der Waals surface area (Å²) in [4.78, 5) is 43.4. The minimum absolute atomic E-state index is 0.00364. The molecule has 1 aliphatic carbocycles. The van der Waals surface area contributed by atoms with Crippen LogP contribution in [0.4, 0.5) is 4.79 Å². The van der Waals surface area contributed by atoms with E-state index in [4.69, 9.17) is 21.3 Å². The van der Waals surface area contributed by atoms with Crippen molar-refractivity contribution in [2.75, 3.05) is 26.2 Å². The molecule has 6 rings (SSSR count). The number of aromatic nitrogens is 3. The second-order valence-electron chi connectivity index (χ2n) is 13.3. The van der Waals surface area contributed by atoms with E-state index >= 15 is 0 Å². The summed E-state index contributed by atoms with van der Waals surface area (Å²) >= 11 is 6.46. The second kappa shape index (κ2) is 12.5. The summed E-state index contributed by atoms with van der Waals surface area (Å²) in [5.41, 5.74) is 4.91. The lowest BCUT2D eigenvalue weighted by atomic mass is 9.95. The van der Waals surface area contributed by atoms with Crippen LogP contribution in [-0.2, 0) is 28.9 Å². The van der Waals surface area contributed by atoms with Crippen molar-refractivity contribution in [3.05, 3.63) is 82.2 Å². The number of aryl methyl sites for hydroxylation is 4. The van der Waals surface area contributed by atoms with Gasteiger partial charge in [0.1, 0.15) is 11.6 Å². The van der Waals surface area contributed by atoms with Gasteiger partial charge in [0.2, 0.25) is 5.91 Å². The van der Waals surface area contributed by atoms with Crippen LogP contribution in [0, 0.1) is 6.92 Å². The zero-order valence-corrected chi connectivity index (χ0v) is 27.0. The van der Waals surface area contributed by atoms with Crippen LogP contribution in [0.1, 0.15) is 74.2 Å². The molecule has 1 unspecified atom stereocenters. The maximum Gasteiger partial charge on any atom is 0.411 e. The first-order valence-electron chi connectivity index (χ1n) is 15.8. The lowest BCUT2D eigenvalue weighted by Crippen LogP contribution is -2.62. The predicted molar refractivity (Wildman–Crippen MR) is 170 cm³/mol. The van der Waals surface area contributed by atoms with Crippen LogP contribution in [0.25, 0.3) is 0 Å². The van der Waals surface area contributed by atoms with E-state index in [-0.39, 0.29) is 18.0 Å². The molecule has 2 aromatic heterocycles. The molecule has 0 saturated carbocycles. The molecule has 0 bridgehead atoms. The van der Waals surface area contributed by atoms with Gasteiger partial charge < -0.3 is 14.2 Å². The molecule has 0 spiro atoms. The molecule has 44 heavy (non-hydrogen) atoms. The van der Waals surface area contributed by atoms with E-state index in [1.54, 1.807) is 4.90 Å². The Kier molecular flexibility index (Phi) is 8.70. The van der Waals surface area contributed by atoms with Crippen molar-refractivity contribution in [1.29, 1.82) is 0 Å². The van der Waals surface area contributed by atoms with Crippen LogP contribution in [-0.4, -0.2) is 85.1 Å². The molecule has 2 amide bonds. The zero-order valence-electron chi connectivity index (χ0n) is 26.2. The minimum atomic E-state index is -0.666. The van der Waals surface area contributed by atoms with Crippen molar-refractivity contribution in [3.63, 3.8) is 0 Å². The summed E-state index contributed by atoms with van der Waals surface area (Å²) in [6.45, 7) is 10.4. The predicted octanol–water partition coefficient (Wildman–Crippen LogP) is 5.43. The van der Waals surface area contributed by atoms with Gasteiger partial charge in [-0.15, -0.1) is 0 Å². The first-order chi connectivity index (χ1) is 21.1. The second-order valence-corrected chi connectivity index (χ2v) is 13.8. The molecule has 10 heteroatoms. The number of rotatable bonds is 5. The number of ether oxygens (including phenoxy) is 1. The molecule has 0 radical (unpaired) electrons. The highest BCUT2D eigenvalue weighted by atomic mass is 35.5. The molecular weight excluding hydrogens is 576 g/mol. The summed E-state index contributed by atoms with van der Waals surface area (Å²) in [7, 11) is 0. The van der Waals surface area contributed by atoms with Gasteiger partial charge in [-0.3, -0.25) is 19.6 Å². The normalized spacial score (nSPS) is 22.3. The molecule has 3 aromatic rings. The quantitative estimate of drug-likeness (QED) is 0.379. The molecule has 1 aromatic carbocycles. The van der Waals surface area contributed by atoms with Crippen molar-refractivity contribution in [2.45, 2.75) is 90.1 Å². The summed E-state index contributed by atoms with van der Waals surface area (Å²) in [6, 6.07) is 9.56. The van der Waals surface area contributed by atoms with E-state index in [9.17, 15) is 9.59 Å². The zero-order chi connectivity index (χ0) is 31.0. The largest absolute Gasteiger partial charge is 0.444 e. The van der Waals surface area contributed by atoms with Gasteiger partial charge in [0, 0.05) is 56.2 Å². The molecule has 9 nitrogen and oxygen atoms in total. The SMILES string of the molecule is Cc1cn(CC[C@@H]2CCCN2C(=O)[C@H]2CN(C3c4ccc(Cl)cc4CCc4cccnc43)CCN2C(=O)OC(C)(C)C)cn1. The number of halogens is 1. The maximum absolute atomic E-state index is 14.5. The molecule has 2 saturated heterocycles. The van der Waals surface area contributed by atoms with E-state index in [0.717, 1.165) is 55.1 Å². The van der Waals surface area contributed by atoms with Gasteiger partial charge >= 0.3 is 6.09 Å². The Morgan fingerprint density at radius 3 is 2.64 bits per heavy atom. The van der Waals surface area contributed by atoms with Crippen molar-refractivity contribution < 1.29 is 14.3 Å². The third kappa shape index (κ3) is 6.49. The van der Waals surface area contributed by atoms with E-state index in [1.165, 1.54) is 16.7 Å². The standard InChI is InChI=1S/C34H43ClN6O3/c1-23-20-38(22-37-23)16-13-27-8-6-15-40(27)32(42)29-21-39(17-18-41(29)33(43)44-34(2,3)4)31-28-12-11-26(35)19-25(28)10-9-24-7-5-14-36-30(24)31/h5,7,11-12,14,19-20,22,27,29,31H,6,8-10,13,15-18,21H2,1-4H3/t27-,29+,31?/m0/s1. The Labute approximate surface area is 265 Å². The molecule has 4 heterocycles. The highest BCUT2D eigenvalue weighted by molar-refractivity contribution is 6.30. The molecule has 3 atom stereocenters. The number of carbonyl (C=O) groups excluding carboxylic acids is 2. The number of nitrogens with zero attached hydrogens (tertiary/aromatic N) is 6. The van der Waals surface area contributed by atoms with E-state index in [0.29, 0.717) is 26.2 Å². The van der Waals surface area contributed by atoms with Crippen molar-refractivity contribution in [2.24, 2.45) is 0 Å². The van der Waals surface area contributed by atoms with Crippen LogP contribution < -0.4 is 0 Å². The van der Waals surface area contributed by atoms with Crippen molar-refractivity contribution >= 4 is 23.6 Å². The first kappa shape index (κ1) is 30.6. The van der Waals surface area contributed by atoms with E-state index in [1.807, 2.05) is 63.4 Å². The summed E-state index contributed by atoms with van der Waals surface area (Å²) in [5.74, 6) is -0.00364. The van der Waals surface area contributed by atoms with Gasteiger partial charge in [-0.2, -0.15) is 0 Å². The maximum atomic E-state index is 14.5. The smallest absolute Gasteiger partial charge is 0.411 e. The van der Waals surface area contributed by atoms with Crippen LogP contribution in [0.2, 0.25) is 5.02 Å². The molecule has 3 aliphatic rings. The van der Waals surface area contributed by atoms with Crippen LogP contribution in [0.5, 0.6) is 0 Å². The van der Waals surface area contributed by atoms with Gasteiger partial charge in [-0.1, -0.05) is 23.7 Å². The number of hydrogen-bond donors (Lipinski definition) is 0. The average molecular weight is 619 g/mol. The summed E-state index contributed by atoms with van der Waals surface area (Å²) in [6.07, 6.45) is 9.80. The fourth-order valence-electron chi connectivity index (χ4n) is 7.05. The number of amides is 2. The minimum Gasteiger partial charge on any atom is -0.444 e. The van der Waals surface area contributed by atoms with Crippen molar-refractivity contribution in [1.82, 2.24) is 29.2 Å². The number of benzene rings is 1. The Balaban J connectivity index is 1.31. The van der Waals surface area contributed by atoms with Crippen LogP contribution in [0.15, 0.2) is 49.1 Å². The van der Waals surface area contributed by atoms with E-state index in [2.05, 4.69) is 32.7 Å². The molecule has 2 aliphatic heterocycles. The third-order valence-corrected chi connectivity index (χ3v) is 9.32. The summed E-state index contributed by atoms with van der Waals surface area (Å²) < 4.78 is 7.93. The lowest BCUT2D eigenvalue weighted by molar-refractivity contribution is -0.140. The average Bonchev–Trinajstić information content (AvgIpc) is 3.60. The molecule has 234 valence electrons.